The topological polar surface area (TPSA) is 136 Å². The number of carbonyl (C=O) groups excluding carboxylic acids is 4. The fourth-order valence-corrected chi connectivity index (χ4v) is 3.39. The van der Waals surface area contributed by atoms with E-state index in [0.717, 1.165) is 5.56 Å². The van der Waals surface area contributed by atoms with Crippen LogP contribution in [-0.4, -0.2) is 45.4 Å². The summed E-state index contributed by atoms with van der Waals surface area (Å²) < 4.78 is 13.2. The summed E-state index contributed by atoms with van der Waals surface area (Å²) in [5, 5.41) is 9.15. The lowest BCUT2D eigenvalue weighted by Gasteiger charge is -2.22. The van der Waals surface area contributed by atoms with Crippen molar-refractivity contribution in [1.82, 2.24) is 31.3 Å². The standard InChI is InChI=1S/C22H19FN6O4/c1-22(14-7-9-15(23)10-8-14)20(32)29(21(33)24-22)12-18(30)27-28-19(31)17-11-16(25-26-17)13-5-3-2-4-6-13/h2-11H,12H2,1H3,(H,24,33)(H,25,26)(H,27,30)(H,28,31). The first-order valence-electron chi connectivity index (χ1n) is 9.88. The van der Waals surface area contributed by atoms with Crippen molar-refractivity contribution in [3.63, 3.8) is 0 Å². The van der Waals surface area contributed by atoms with Crippen molar-refractivity contribution in [2.24, 2.45) is 0 Å². The maximum Gasteiger partial charge on any atom is 0.325 e. The van der Waals surface area contributed by atoms with E-state index in [9.17, 15) is 23.6 Å². The Kier molecular flexibility index (Phi) is 5.61. The number of amides is 5. The van der Waals surface area contributed by atoms with E-state index in [1.165, 1.54) is 37.3 Å². The molecule has 10 nitrogen and oxygen atoms in total. The molecule has 0 saturated carbocycles. The molecule has 1 unspecified atom stereocenters. The quantitative estimate of drug-likeness (QED) is 0.345. The number of hydrazine groups is 1. The fourth-order valence-electron chi connectivity index (χ4n) is 3.39. The lowest BCUT2D eigenvalue weighted by Crippen LogP contribution is -2.48. The molecule has 1 aromatic heterocycles. The third kappa shape index (κ3) is 4.28. The Balaban J connectivity index is 1.35. The van der Waals surface area contributed by atoms with Crippen LogP contribution in [0.2, 0.25) is 0 Å². The SMILES string of the molecule is CC1(c2ccc(F)cc2)NC(=O)N(CC(=O)NNC(=O)c2cc(-c3ccccc3)n[nH]2)C1=O. The predicted octanol–water partition coefficient (Wildman–Crippen LogP) is 1.44. The second kappa shape index (κ2) is 8.54. The molecule has 3 aromatic rings. The third-order valence-corrected chi connectivity index (χ3v) is 5.21. The fraction of sp³-hybridized carbons (Fsp3) is 0.136. The Morgan fingerprint density at radius 2 is 1.76 bits per heavy atom. The van der Waals surface area contributed by atoms with Gasteiger partial charge in [-0.05, 0) is 30.7 Å². The zero-order chi connectivity index (χ0) is 23.6. The van der Waals surface area contributed by atoms with Crippen molar-refractivity contribution in [2.75, 3.05) is 6.54 Å². The van der Waals surface area contributed by atoms with Crippen LogP contribution in [0.4, 0.5) is 9.18 Å². The molecule has 1 fully saturated rings. The van der Waals surface area contributed by atoms with Crippen molar-refractivity contribution in [2.45, 2.75) is 12.5 Å². The van der Waals surface area contributed by atoms with Crippen LogP contribution in [0.15, 0.2) is 60.7 Å². The summed E-state index contributed by atoms with van der Waals surface area (Å²) in [6.45, 7) is 0.836. The monoisotopic (exact) mass is 450 g/mol. The summed E-state index contributed by atoms with van der Waals surface area (Å²) in [7, 11) is 0. The predicted molar refractivity (Wildman–Crippen MR) is 114 cm³/mol. The highest BCUT2D eigenvalue weighted by atomic mass is 19.1. The average molecular weight is 450 g/mol. The van der Waals surface area contributed by atoms with Crippen LogP contribution >= 0.6 is 0 Å². The second-order valence-electron chi connectivity index (χ2n) is 7.49. The molecule has 1 aliphatic heterocycles. The van der Waals surface area contributed by atoms with E-state index in [4.69, 9.17) is 0 Å². The number of halogens is 1. The van der Waals surface area contributed by atoms with Crippen molar-refractivity contribution in [1.29, 1.82) is 0 Å². The number of rotatable bonds is 5. The van der Waals surface area contributed by atoms with E-state index in [0.29, 0.717) is 16.2 Å². The van der Waals surface area contributed by atoms with Gasteiger partial charge >= 0.3 is 6.03 Å². The van der Waals surface area contributed by atoms with Gasteiger partial charge in [-0.15, -0.1) is 0 Å². The molecule has 4 rings (SSSR count). The minimum Gasteiger partial charge on any atom is -0.319 e. The van der Waals surface area contributed by atoms with Crippen LogP contribution in [0.25, 0.3) is 11.3 Å². The first kappa shape index (κ1) is 21.7. The Labute approximate surface area is 187 Å². The number of nitrogens with one attached hydrogen (secondary N) is 4. The lowest BCUT2D eigenvalue weighted by atomic mass is 9.92. The maximum atomic E-state index is 13.2. The van der Waals surface area contributed by atoms with Gasteiger partial charge in [0.25, 0.3) is 17.7 Å². The smallest absolute Gasteiger partial charge is 0.319 e. The average Bonchev–Trinajstić information content (AvgIpc) is 3.39. The molecule has 0 radical (unpaired) electrons. The highest BCUT2D eigenvalue weighted by Gasteiger charge is 2.49. The highest BCUT2D eigenvalue weighted by molar-refractivity contribution is 6.09. The van der Waals surface area contributed by atoms with Crippen molar-refractivity contribution in [3.8, 4) is 11.3 Å². The number of H-pyrrole nitrogens is 1. The molecule has 1 saturated heterocycles. The number of benzene rings is 2. The molecule has 0 spiro atoms. The molecule has 1 atom stereocenters. The van der Waals surface area contributed by atoms with Crippen LogP contribution in [0, 0.1) is 5.82 Å². The zero-order valence-electron chi connectivity index (χ0n) is 17.4. The van der Waals surface area contributed by atoms with Crippen LogP contribution < -0.4 is 16.2 Å². The summed E-state index contributed by atoms with van der Waals surface area (Å²) in [6.07, 6.45) is 0. The molecule has 0 aliphatic carbocycles. The van der Waals surface area contributed by atoms with E-state index in [-0.39, 0.29) is 5.69 Å². The Morgan fingerprint density at radius 3 is 2.45 bits per heavy atom. The molecule has 11 heteroatoms. The van der Waals surface area contributed by atoms with Gasteiger partial charge in [-0.3, -0.25) is 35.2 Å². The van der Waals surface area contributed by atoms with Crippen molar-refractivity contribution in [3.05, 3.63) is 77.7 Å². The molecular weight excluding hydrogens is 431 g/mol. The Morgan fingerprint density at radius 1 is 1.06 bits per heavy atom. The summed E-state index contributed by atoms with van der Waals surface area (Å²) in [5.74, 6) is -2.62. The first-order valence-corrected chi connectivity index (χ1v) is 9.88. The van der Waals surface area contributed by atoms with Gasteiger partial charge in [-0.2, -0.15) is 5.10 Å². The van der Waals surface area contributed by atoms with Crippen molar-refractivity contribution >= 4 is 23.8 Å². The van der Waals surface area contributed by atoms with Crippen molar-refractivity contribution < 1.29 is 23.6 Å². The number of aromatic nitrogens is 2. The number of urea groups is 1. The molecule has 2 heterocycles. The van der Waals surface area contributed by atoms with Gasteiger partial charge in [0.2, 0.25) is 0 Å². The van der Waals surface area contributed by atoms with Gasteiger partial charge in [0, 0.05) is 5.56 Å². The van der Waals surface area contributed by atoms with E-state index in [2.05, 4.69) is 26.4 Å². The van der Waals surface area contributed by atoms with Gasteiger partial charge in [-0.1, -0.05) is 42.5 Å². The minimum absolute atomic E-state index is 0.105. The number of aromatic amines is 1. The first-order chi connectivity index (χ1) is 15.8. The van der Waals surface area contributed by atoms with Gasteiger partial charge in [0.15, 0.2) is 0 Å². The Hall–Kier alpha value is -4.54. The number of nitrogens with zero attached hydrogens (tertiary/aromatic N) is 2. The summed E-state index contributed by atoms with van der Waals surface area (Å²) >= 11 is 0. The van der Waals surface area contributed by atoms with Crippen LogP contribution in [0.1, 0.15) is 23.0 Å². The molecule has 2 aromatic carbocycles. The van der Waals surface area contributed by atoms with Gasteiger partial charge in [-0.25, -0.2) is 9.18 Å². The molecule has 0 bridgehead atoms. The Bertz CT molecular complexity index is 1230. The molecular formula is C22H19FN6O4. The molecule has 1 aliphatic rings. The van der Waals surface area contributed by atoms with Crippen LogP contribution in [0.3, 0.4) is 0 Å². The lowest BCUT2D eigenvalue weighted by molar-refractivity contribution is -0.135. The van der Waals surface area contributed by atoms with Gasteiger partial charge < -0.3 is 5.32 Å². The van der Waals surface area contributed by atoms with Gasteiger partial charge in [0.1, 0.15) is 23.6 Å². The third-order valence-electron chi connectivity index (χ3n) is 5.21. The number of carbonyl (C=O) groups is 4. The molecule has 5 amide bonds. The normalized spacial score (nSPS) is 17.6. The number of hydrogen-bond acceptors (Lipinski definition) is 5. The van der Waals surface area contributed by atoms with E-state index < -0.39 is 41.7 Å². The molecule has 4 N–H and O–H groups in total. The number of imide groups is 1. The zero-order valence-corrected chi connectivity index (χ0v) is 17.4. The molecule has 168 valence electrons. The summed E-state index contributed by atoms with van der Waals surface area (Å²) in [5.41, 5.74) is 4.75. The second-order valence-corrected chi connectivity index (χ2v) is 7.49. The van der Waals surface area contributed by atoms with Gasteiger partial charge in [0.05, 0.1) is 5.69 Å². The van der Waals surface area contributed by atoms with Crippen LogP contribution in [-0.2, 0) is 15.1 Å². The summed E-state index contributed by atoms with van der Waals surface area (Å²) in [6, 6.07) is 15.0. The largest absolute Gasteiger partial charge is 0.325 e. The van der Waals surface area contributed by atoms with Crippen LogP contribution in [0.5, 0.6) is 0 Å². The highest BCUT2D eigenvalue weighted by Crippen LogP contribution is 2.28. The summed E-state index contributed by atoms with van der Waals surface area (Å²) in [4.78, 5) is 50.4. The molecule has 33 heavy (non-hydrogen) atoms. The minimum atomic E-state index is -1.45. The van der Waals surface area contributed by atoms with E-state index >= 15 is 0 Å². The maximum absolute atomic E-state index is 13.2. The van der Waals surface area contributed by atoms with E-state index in [1.807, 2.05) is 30.3 Å². The number of hydrogen-bond donors (Lipinski definition) is 4. The van der Waals surface area contributed by atoms with E-state index in [1.54, 1.807) is 0 Å².